The molecule has 0 bridgehead atoms. The van der Waals surface area contributed by atoms with Crippen molar-refractivity contribution < 1.29 is 9.53 Å². The van der Waals surface area contributed by atoms with Crippen molar-refractivity contribution in [3.63, 3.8) is 0 Å². The third-order valence-corrected chi connectivity index (χ3v) is 3.89. The van der Waals surface area contributed by atoms with Gasteiger partial charge >= 0.3 is 0 Å². The number of para-hydroxylation sites is 1. The molecule has 0 heterocycles. The number of carbonyl (C=O) groups excluding carboxylic acids is 1. The van der Waals surface area contributed by atoms with Gasteiger partial charge < -0.3 is 10.1 Å². The highest BCUT2D eigenvalue weighted by atomic mass is 16.5. The molecule has 2 aromatic carbocycles. The molecule has 2 aromatic rings. The van der Waals surface area contributed by atoms with Crippen LogP contribution in [-0.2, 0) is 4.79 Å². The Balaban J connectivity index is 1.93. The Morgan fingerprint density at radius 3 is 2.00 bits per heavy atom. The van der Waals surface area contributed by atoms with Crippen molar-refractivity contribution in [3.05, 3.63) is 65.7 Å². The molecular formula is C20H25NO2. The van der Waals surface area contributed by atoms with E-state index in [0.717, 1.165) is 5.56 Å². The summed E-state index contributed by atoms with van der Waals surface area (Å²) in [6, 6.07) is 17.7. The first-order valence-electron chi connectivity index (χ1n) is 8.09. The summed E-state index contributed by atoms with van der Waals surface area (Å²) in [4.78, 5) is 12.3. The molecule has 0 aliphatic carbocycles. The number of carbonyl (C=O) groups is 1. The number of amides is 1. The summed E-state index contributed by atoms with van der Waals surface area (Å²) >= 11 is 0. The summed E-state index contributed by atoms with van der Waals surface area (Å²) < 4.78 is 5.65. The second-order valence-electron chi connectivity index (χ2n) is 6.12. The van der Waals surface area contributed by atoms with Gasteiger partial charge in [-0.2, -0.15) is 0 Å². The van der Waals surface area contributed by atoms with Crippen LogP contribution in [0, 0.1) is 0 Å². The molecule has 0 aliphatic heterocycles. The van der Waals surface area contributed by atoms with Gasteiger partial charge in [-0.1, -0.05) is 56.3 Å². The van der Waals surface area contributed by atoms with Crippen molar-refractivity contribution in [2.75, 3.05) is 0 Å². The van der Waals surface area contributed by atoms with E-state index >= 15 is 0 Å². The maximum atomic E-state index is 12.3. The van der Waals surface area contributed by atoms with Crippen LogP contribution in [0.5, 0.6) is 5.75 Å². The quantitative estimate of drug-likeness (QED) is 0.855. The summed E-state index contributed by atoms with van der Waals surface area (Å²) in [6.07, 6.45) is -0.533. The number of ether oxygens (including phenoxy) is 1. The van der Waals surface area contributed by atoms with E-state index in [4.69, 9.17) is 4.74 Å². The molecule has 0 saturated carbocycles. The molecule has 0 fully saturated rings. The van der Waals surface area contributed by atoms with Crippen LogP contribution in [0.3, 0.4) is 0 Å². The van der Waals surface area contributed by atoms with E-state index in [1.165, 1.54) is 5.56 Å². The van der Waals surface area contributed by atoms with Gasteiger partial charge in [-0.25, -0.2) is 0 Å². The molecular weight excluding hydrogens is 286 g/mol. The maximum absolute atomic E-state index is 12.3. The summed E-state index contributed by atoms with van der Waals surface area (Å²) in [5, 5.41) is 3.00. The number of hydrogen-bond acceptors (Lipinski definition) is 2. The van der Waals surface area contributed by atoms with Crippen LogP contribution in [0.4, 0.5) is 0 Å². The van der Waals surface area contributed by atoms with Crippen LogP contribution in [-0.4, -0.2) is 12.0 Å². The Morgan fingerprint density at radius 2 is 1.43 bits per heavy atom. The van der Waals surface area contributed by atoms with E-state index in [1.807, 2.05) is 37.3 Å². The number of hydrogen-bond donors (Lipinski definition) is 1. The zero-order valence-electron chi connectivity index (χ0n) is 14.2. The van der Waals surface area contributed by atoms with E-state index in [9.17, 15) is 4.79 Å². The van der Waals surface area contributed by atoms with Crippen molar-refractivity contribution in [3.8, 4) is 5.75 Å². The Kier molecular flexibility index (Phi) is 5.80. The van der Waals surface area contributed by atoms with Gasteiger partial charge in [0, 0.05) is 0 Å². The van der Waals surface area contributed by atoms with E-state index in [-0.39, 0.29) is 11.9 Å². The normalized spacial score (nSPS) is 13.4. The van der Waals surface area contributed by atoms with Crippen LogP contribution < -0.4 is 10.1 Å². The summed E-state index contributed by atoms with van der Waals surface area (Å²) in [5.41, 5.74) is 2.39. The number of benzene rings is 2. The predicted octanol–water partition coefficient (Wildman–Crippen LogP) is 4.45. The molecule has 0 aromatic heterocycles. The molecule has 2 atom stereocenters. The first kappa shape index (κ1) is 17.1. The standard InChI is InChI=1S/C20H25NO2/c1-14(2)17-10-12-18(13-11-17)15(3)21-20(22)16(4)23-19-8-6-5-7-9-19/h5-16H,1-4H3,(H,21,22). The van der Waals surface area contributed by atoms with Crippen LogP contribution in [0.15, 0.2) is 54.6 Å². The lowest BCUT2D eigenvalue weighted by Crippen LogP contribution is -2.37. The van der Waals surface area contributed by atoms with Crippen molar-refractivity contribution in [1.29, 1.82) is 0 Å². The lowest BCUT2D eigenvalue weighted by molar-refractivity contribution is -0.127. The average Bonchev–Trinajstić information content (AvgIpc) is 2.55. The van der Waals surface area contributed by atoms with Gasteiger partial charge in [0.1, 0.15) is 5.75 Å². The van der Waals surface area contributed by atoms with Gasteiger partial charge in [0.2, 0.25) is 0 Å². The highest BCUT2D eigenvalue weighted by Crippen LogP contribution is 2.19. The molecule has 3 nitrogen and oxygen atoms in total. The van der Waals surface area contributed by atoms with Gasteiger partial charge in [-0.15, -0.1) is 0 Å². The SMILES string of the molecule is CC(Oc1ccccc1)C(=O)NC(C)c1ccc(C(C)C)cc1. The summed E-state index contributed by atoms with van der Waals surface area (Å²) in [5.74, 6) is 1.09. The van der Waals surface area contributed by atoms with Crippen LogP contribution in [0.25, 0.3) is 0 Å². The van der Waals surface area contributed by atoms with E-state index in [2.05, 4.69) is 43.4 Å². The molecule has 1 amide bonds. The second kappa shape index (κ2) is 7.82. The zero-order valence-corrected chi connectivity index (χ0v) is 14.2. The van der Waals surface area contributed by atoms with E-state index in [0.29, 0.717) is 11.7 Å². The first-order valence-corrected chi connectivity index (χ1v) is 8.09. The second-order valence-corrected chi connectivity index (χ2v) is 6.12. The lowest BCUT2D eigenvalue weighted by Gasteiger charge is -2.19. The van der Waals surface area contributed by atoms with E-state index in [1.54, 1.807) is 6.92 Å². The molecule has 1 N–H and O–H groups in total. The Hall–Kier alpha value is -2.29. The van der Waals surface area contributed by atoms with Gasteiger partial charge in [-0.3, -0.25) is 4.79 Å². The molecule has 0 spiro atoms. The average molecular weight is 311 g/mol. The monoisotopic (exact) mass is 311 g/mol. The molecule has 0 saturated heterocycles. The highest BCUT2D eigenvalue weighted by molar-refractivity contribution is 5.81. The molecule has 2 unspecified atom stereocenters. The van der Waals surface area contributed by atoms with Crippen molar-refractivity contribution in [1.82, 2.24) is 5.32 Å². The minimum atomic E-state index is -0.533. The summed E-state index contributed by atoms with van der Waals surface area (Å²) in [6.45, 7) is 8.08. The molecule has 122 valence electrons. The Morgan fingerprint density at radius 1 is 0.870 bits per heavy atom. The van der Waals surface area contributed by atoms with Gasteiger partial charge in [0.05, 0.1) is 6.04 Å². The molecule has 3 heteroatoms. The third kappa shape index (κ3) is 4.85. The third-order valence-electron chi connectivity index (χ3n) is 3.89. The van der Waals surface area contributed by atoms with Crippen molar-refractivity contribution >= 4 is 5.91 Å². The fourth-order valence-corrected chi connectivity index (χ4v) is 2.34. The van der Waals surface area contributed by atoms with Crippen molar-refractivity contribution in [2.45, 2.75) is 45.8 Å². The minimum Gasteiger partial charge on any atom is -0.481 e. The largest absolute Gasteiger partial charge is 0.481 e. The summed E-state index contributed by atoms with van der Waals surface area (Å²) in [7, 11) is 0. The number of rotatable bonds is 6. The molecule has 23 heavy (non-hydrogen) atoms. The Bertz CT molecular complexity index is 620. The predicted molar refractivity (Wildman–Crippen MR) is 93.6 cm³/mol. The fourth-order valence-electron chi connectivity index (χ4n) is 2.34. The Labute approximate surface area is 138 Å². The number of nitrogens with one attached hydrogen (secondary N) is 1. The van der Waals surface area contributed by atoms with Gasteiger partial charge in [0.25, 0.3) is 5.91 Å². The first-order chi connectivity index (χ1) is 11.0. The molecule has 2 rings (SSSR count). The van der Waals surface area contributed by atoms with E-state index < -0.39 is 6.10 Å². The topological polar surface area (TPSA) is 38.3 Å². The highest BCUT2D eigenvalue weighted by Gasteiger charge is 2.17. The van der Waals surface area contributed by atoms with Gasteiger partial charge in [0.15, 0.2) is 6.10 Å². The van der Waals surface area contributed by atoms with Crippen LogP contribution in [0.2, 0.25) is 0 Å². The van der Waals surface area contributed by atoms with Gasteiger partial charge in [-0.05, 0) is 43.0 Å². The lowest BCUT2D eigenvalue weighted by atomic mass is 9.99. The van der Waals surface area contributed by atoms with Crippen molar-refractivity contribution in [2.24, 2.45) is 0 Å². The minimum absolute atomic E-state index is 0.0504. The van der Waals surface area contributed by atoms with Crippen LogP contribution in [0.1, 0.15) is 50.8 Å². The molecule has 0 aliphatic rings. The fraction of sp³-hybridized carbons (Fsp3) is 0.350. The molecule has 0 radical (unpaired) electrons. The van der Waals surface area contributed by atoms with Crippen LogP contribution >= 0.6 is 0 Å². The zero-order chi connectivity index (χ0) is 16.8. The maximum Gasteiger partial charge on any atom is 0.261 e. The smallest absolute Gasteiger partial charge is 0.261 e.